The molecule has 10 heteroatoms. The van der Waals surface area contributed by atoms with Gasteiger partial charge in [0.25, 0.3) is 0 Å². The molecular weight excluding hydrogens is 428 g/mol. The first kappa shape index (κ1) is 22.3. The Labute approximate surface area is 179 Å². The van der Waals surface area contributed by atoms with Gasteiger partial charge in [-0.05, 0) is 36.1 Å². The molecule has 1 aliphatic heterocycles. The number of thiophene rings is 1. The van der Waals surface area contributed by atoms with E-state index in [0.717, 1.165) is 16.0 Å². The lowest BCUT2D eigenvalue weighted by atomic mass is 9.94. The lowest BCUT2D eigenvalue weighted by molar-refractivity contribution is -0.130. The topological polar surface area (TPSA) is 122 Å². The molecule has 30 heavy (non-hydrogen) atoms. The van der Waals surface area contributed by atoms with Gasteiger partial charge in [0.15, 0.2) is 9.84 Å². The van der Waals surface area contributed by atoms with Crippen molar-refractivity contribution in [2.24, 2.45) is 0 Å². The van der Waals surface area contributed by atoms with Gasteiger partial charge in [0.05, 0.1) is 12.2 Å². The second kappa shape index (κ2) is 9.15. The summed E-state index contributed by atoms with van der Waals surface area (Å²) in [5.74, 6) is -0.685. The number of nitrogens with one attached hydrogen (secondary N) is 2. The first-order valence-corrected chi connectivity index (χ1v) is 12.0. The van der Waals surface area contributed by atoms with Crippen LogP contribution in [0.1, 0.15) is 36.1 Å². The summed E-state index contributed by atoms with van der Waals surface area (Å²) in [6, 6.07) is 11.0. The first-order valence-electron chi connectivity index (χ1n) is 9.51. The lowest BCUT2D eigenvalue weighted by Gasteiger charge is -2.35. The quantitative estimate of drug-likeness (QED) is 0.458. The molecule has 2 amide bonds. The van der Waals surface area contributed by atoms with Crippen LogP contribution in [0.2, 0.25) is 0 Å². The van der Waals surface area contributed by atoms with E-state index in [-0.39, 0.29) is 18.8 Å². The number of hydroxylamine groups is 1. The van der Waals surface area contributed by atoms with Gasteiger partial charge in [-0.25, -0.2) is 18.7 Å². The van der Waals surface area contributed by atoms with Gasteiger partial charge in [0.2, 0.25) is 5.91 Å². The summed E-state index contributed by atoms with van der Waals surface area (Å²) in [6.45, 7) is 0.146. The van der Waals surface area contributed by atoms with Crippen LogP contribution < -0.4 is 10.8 Å². The lowest BCUT2D eigenvalue weighted by Crippen LogP contribution is -2.43. The van der Waals surface area contributed by atoms with Crippen LogP contribution >= 0.6 is 11.3 Å². The Morgan fingerprint density at radius 1 is 1.17 bits per heavy atom. The number of rotatable bonds is 6. The normalized spacial score (nSPS) is 20.3. The largest absolute Gasteiger partial charge is 0.445 e. The van der Waals surface area contributed by atoms with Crippen molar-refractivity contribution in [3.8, 4) is 10.4 Å². The third-order valence-corrected chi connectivity index (χ3v) is 9.33. The van der Waals surface area contributed by atoms with Crippen molar-refractivity contribution in [1.82, 2.24) is 10.8 Å². The second-order valence-corrected chi connectivity index (χ2v) is 10.7. The number of ether oxygens (including phenoxy) is 1. The Hall–Kier alpha value is -2.43. The number of hydrogen-bond acceptors (Lipinski definition) is 7. The highest BCUT2D eigenvalue weighted by Gasteiger charge is 2.49. The molecule has 1 atom stereocenters. The smallest absolute Gasteiger partial charge is 0.407 e. The Kier molecular flexibility index (Phi) is 6.79. The van der Waals surface area contributed by atoms with Crippen molar-refractivity contribution in [3.63, 3.8) is 0 Å². The zero-order valence-corrected chi connectivity index (χ0v) is 18.1. The molecule has 3 N–H and O–H groups in total. The molecule has 0 bridgehead atoms. The molecule has 1 fully saturated rings. The fraction of sp³-hybridized carbons (Fsp3) is 0.400. The summed E-state index contributed by atoms with van der Waals surface area (Å²) in [4.78, 5) is 24.6. The van der Waals surface area contributed by atoms with Gasteiger partial charge in [0, 0.05) is 16.8 Å². The SMILES string of the molecule is CNC(=O)OCc1ccc(-c2ccc([C@@]3(CC(=O)NO)CCCCS3(=O)=O)s2)cc1. The molecule has 1 aromatic carbocycles. The van der Waals surface area contributed by atoms with Crippen molar-refractivity contribution >= 4 is 33.2 Å². The number of hydrogen-bond donors (Lipinski definition) is 3. The van der Waals surface area contributed by atoms with Crippen molar-refractivity contribution in [1.29, 1.82) is 0 Å². The minimum Gasteiger partial charge on any atom is -0.445 e. The first-order chi connectivity index (χ1) is 14.3. The van der Waals surface area contributed by atoms with Crippen LogP contribution in [0.4, 0.5) is 4.79 Å². The van der Waals surface area contributed by atoms with Crippen LogP contribution in [0.25, 0.3) is 10.4 Å². The maximum Gasteiger partial charge on any atom is 0.407 e. The molecule has 1 aromatic heterocycles. The summed E-state index contributed by atoms with van der Waals surface area (Å²) in [7, 11) is -2.06. The van der Waals surface area contributed by atoms with E-state index in [4.69, 9.17) is 9.94 Å². The summed E-state index contributed by atoms with van der Waals surface area (Å²) in [6.07, 6.45) is 0.807. The highest BCUT2D eigenvalue weighted by molar-refractivity contribution is 7.92. The van der Waals surface area contributed by atoms with Crippen LogP contribution in [-0.2, 0) is 30.7 Å². The zero-order valence-electron chi connectivity index (χ0n) is 16.5. The van der Waals surface area contributed by atoms with Gasteiger partial charge in [-0.15, -0.1) is 11.3 Å². The molecule has 162 valence electrons. The molecular formula is C20H24N2O6S2. The fourth-order valence-corrected chi connectivity index (χ4v) is 7.42. The Morgan fingerprint density at radius 2 is 1.90 bits per heavy atom. The van der Waals surface area contributed by atoms with Gasteiger partial charge < -0.3 is 10.1 Å². The van der Waals surface area contributed by atoms with Crippen LogP contribution in [-0.4, -0.2) is 38.4 Å². The van der Waals surface area contributed by atoms with E-state index in [1.807, 2.05) is 30.3 Å². The number of carbonyl (C=O) groups excluding carboxylic acids is 2. The average Bonchev–Trinajstić information content (AvgIpc) is 3.24. The predicted octanol–water partition coefficient (Wildman–Crippen LogP) is 2.96. The summed E-state index contributed by atoms with van der Waals surface area (Å²) < 4.78 is 29.7. The molecule has 0 unspecified atom stereocenters. The second-order valence-electron chi connectivity index (χ2n) is 7.17. The number of benzene rings is 1. The maximum atomic E-state index is 13.0. The van der Waals surface area contributed by atoms with Crippen molar-refractivity contribution in [2.75, 3.05) is 12.8 Å². The molecule has 0 radical (unpaired) electrons. The summed E-state index contributed by atoms with van der Waals surface area (Å²) >= 11 is 1.34. The monoisotopic (exact) mass is 452 g/mol. The van der Waals surface area contributed by atoms with Gasteiger partial charge in [0.1, 0.15) is 11.4 Å². The van der Waals surface area contributed by atoms with E-state index in [2.05, 4.69) is 5.32 Å². The Bertz CT molecular complexity index is 1020. The third-order valence-electron chi connectivity index (χ3n) is 5.28. The molecule has 0 aliphatic carbocycles. The van der Waals surface area contributed by atoms with Crippen LogP contribution in [0.15, 0.2) is 36.4 Å². The molecule has 0 spiro atoms. The molecule has 2 heterocycles. The van der Waals surface area contributed by atoms with E-state index < -0.39 is 26.6 Å². The Balaban J connectivity index is 1.87. The van der Waals surface area contributed by atoms with Crippen LogP contribution in [0.5, 0.6) is 0 Å². The van der Waals surface area contributed by atoms with E-state index in [1.165, 1.54) is 18.4 Å². The molecule has 1 aliphatic rings. The molecule has 8 nitrogen and oxygen atoms in total. The van der Waals surface area contributed by atoms with Crippen LogP contribution in [0, 0.1) is 0 Å². The number of alkyl carbamates (subject to hydrolysis) is 1. The van der Waals surface area contributed by atoms with E-state index >= 15 is 0 Å². The van der Waals surface area contributed by atoms with E-state index in [1.54, 1.807) is 11.5 Å². The molecule has 2 aromatic rings. The average molecular weight is 453 g/mol. The Morgan fingerprint density at radius 3 is 2.53 bits per heavy atom. The molecule has 3 rings (SSSR count). The standard InChI is InChI=1S/C20H24N2O6S2/c1-21-19(24)28-13-14-4-6-15(7-5-14)16-8-9-17(29-16)20(12-18(23)22-25)10-2-3-11-30(20,26)27/h4-9,25H,2-3,10-13H2,1H3,(H,21,24)(H,22,23)/t20-/m0/s1. The minimum absolute atomic E-state index is 0.0268. The summed E-state index contributed by atoms with van der Waals surface area (Å²) in [5, 5.41) is 11.4. The fourth-order valence-electron chi connectivity index (χ4n) is 3.64. The predicted molar refractivity (Wildman–Crippen MR) is 113 cm³/mol. The van der Waals surface area contributed by atoms with Crippen molar-refractivity contribution < 1.29 is 28.0 Å². The third kappa shape index (κ3) is 4.50. The van der Waals surface area contributed by atoms with Gasteiger partial charge in [-0.1, -0.05) is 30.7 Å². The number of sulfone groups is 1. The minimum atomic E-state index is -3.55. The number of amides is 2. The van der Waals surface area contributed by atoms with E-state index in [0.29, 0.717) is 24.1 Å². The van der Waals surface area contributed by atoms with Gasteiger partial charge >= 0.3 is 6.09 Å². The summed E-state index contributed by atoms with van der Waals surface area (Å²) in [5.41, 5.74) is 3.29. The van der Waals surface area contributed by atoms with Gasteiger partial charge in [-0.2, -0.15) is 0 Å². The molecule has 0 saturated carbocycles. The number of carbonyl (C=O) groups is 2. The van der Waals surface area contributed by atoms with Crippen molar-refractivity contribution in [3.05, 3.63) is 46.8 Å². The van der Waals surface area contributed by atoms with Crippen LogP contribution in [0.3, 0.4) is 0 Å². The van der Waals surface area contributed by atoms with Crippen molar-refractivity contribution in [2.45, 2.75) is 37.0 Å². The highest BCUT2D eigenvalue weighted by Crippen LogP contribution is 2.47. The highest BCUT2D eigenvalue weighted by atomic mass is 32.2. The molecule has 1 saturated heterocycles. The van der Waals surface area contributed by atoms with E-state index in [9.17, 15) is 18.0 Å². The zero-order chi connectivity index (χ0) is 21.8. The van der Waals surface area contributed by atoms with Gasteiger partial charge in [-0.3, -0.25) is 10.0 Å². The maximum absolute atomic E-state index is 13.0.